The predicted molar refractivity (Wildman–Crippen MR) is 110 cm³/mol. The van der Waals surface area contributed by atoms with Gasteiger partial charge in [-0.2, -0.15) is 0 Å². The van der Waals surface area contributed by atoms with Gasteiger partial charge in [0.05, 0.1) is 20.8 Å². The molecule has 0 spiro atoms. The van der Waals surface area contributed by atoms with Crippen molar-refractivity contribution in [1.82, 2.24) is 0 Å². The molecule has 6 heteroatoms. The van der Waals surface area contributed by atoms with Gasteiger partial charge in [0.15, 0.2) is 18.3 Å². The van der Waals surface area contributed by atoms with E-state index in [1.807, 2.05) is 30.3 Å². The Kier molecular flexibility index (Phi) is 7.91. The van der Waals surface area contributed by atoms with E-state index in [0.29, 0.717) is 25.8 Å². The summed E-state index contributed by atoms with van der Waals surface area (Å²) in [5.41, 5.74) is 1.95. The molecular formula is C21H29O5P. The topological polar surface area (TPSA) is 57.2 Å². The summed E-state index contributed by atoms with van der Waals surface area (Å²) in [4.78, 5) is 0. The van der Waals surface area contributed by atoms with Gasteiger partial charge in [0.1, 0.15) is 5.75 Å². The fourth-order valence-corrected chi connectivity index (χ4v) is 4.54. The van der Waals surface area contributed by atoms with Crippen LogP contribution in [0.1, 0.15) is 31.4 Å². The number of hydrogen-bond donors (Lipinski definition) is 1. The van der Waals surface area contributed by atoms with Crippen LogP contribution in [0.15, 0.2) is 36.4 Å². The van der Waals surface area contributed by atoms with Crippen LogP contribution in [-0.2, 0) is 16.5 Å². The van der Waals surface area contributed by atoms with Crippen molar-refractivity contribution >= 4 is 13.9 Å². The summed E-state index contributed by atoms with van der Waals surface area (Å²) in [6.07, 6.45) is 0.880. The Bertz CT molecular complexity index is 749. The normalized spacial score (nSPS) is 13.6. The van der Waals surface area contributed by atoms with Gasteiger partial charge < -0.3 is 24.1 Å². The number of hydrogen-bond acceptors (Lipinski definition) is 5. The highest BCUT2D eigenvalue weighted by molar-refractivity contribution is 7.48. The van der Waals surface area contributed by atoms with Crippen LogP contribution in [0.5, 0.6) is 17.2 Å². The molecule has 5 nitrogen and oxygen atoms in total. The maximum atomic E-state index is 9.72. The molecule has 2 rings (SSSR count). The van der Waals surface area contributed by atoms with Gasteiger partial charge in [-0.3, -0.25) is 0 Å². The van der Waals surface area contributed by atoms with Crippen molar-refractivity contribution in [2.45, 2.75) is 32.0 Å². The first-order chi connectivity index (χ1) is 13.0. The molecule has 0 fully saturated rings. The second-order valence-corrected chi connectivity index (χ2v) is 8.28. The lowest BCUT2D eigenvalue weighted by molar-refractivity contribution is 0.0479. The highest BCUT2D eigenvalue weighted by Crippen LogP contribution is 2.51. The lowest BCUT2D eigenvalue weighted by atomic mass is 9.95. The second kappa shape index (κ2) is 9.93. The highest BCUT2D eigenvalue weighted by atomic mass is 31.1. The standard InChI is InChI=1S/C21H29O5P/c1-6-21(2,27-19-10-8-7-9-15(19)13-22)17-11-16(24-4)12-18(25-5)20(17)26-14-23-3/h7-12,22,27H,6,13-14H2,1-5H3. The molecule has 148 valence electrons. The SMILES string of the molecule is CCC(C)(Pc1ccccc1CO)c1cc(OC)cc(OC)c1OCOC. The fourth-order valence-electron chi connectivity index (χ4n) is 2.95. The number of rotatable bonds is 10. The zero-order chi connectivity index (χ0) is 19.9. The molecule has 0 radical (unpaired) electrons. The first-order valence-corrected chi connectivity index (χ1v) is 9.88. The summed E-state index contributed by atoms with van der Waals surface area (Å²) in [6.45, 7) is 4.51. The zero-order valence-electron chi connectivity index (χ0n) is 16.7. The van der Waals surface area contributed by atoms with E-state index in [9.17, 15) is 5.11 Å². The largest absolute Gasteiger partial charge is 0.497 e. The molecule has 0 aliphatic rings. The van der Waals surface area contributed by atoms with Crippen LogP contribution in [-0.4, -0.2) is 33.2 Å². The van der Waals surface area contributed by atoms with E-state index in [-0.39, 0.29) is 18.6 Å². The van der Waals surface area contributed by atoms with Crippen LogP contribution in [0.2, 0.25) is 0 Å². The van der Waals surface area contributed by atoms with E-state index < -0.39 is 0 Å². The first kappa shape index (κ1) is 21.5. The van der Waals surface area contributed by atoms with Gasteiger partial charge in [0, 0.05) is 23.9 Å². The number of benzene rings is 2. The lowest BCUT2D eigenvalue weighted by Gasteiger charge is -2.32. The van der Waals surface area contributed by atoms with Crippen molar-refractivity contribution in [3.63, 3.8) is 0 Å². The predicted octanol–water partition coefficient (Wildman–Crippen LogP) is 3.81. The Morgan fingerprint density at radius 2 is 1.81 bits per heavy atom. The minimum atomic E-state index is -0.226. The summed E-state index contributed by atoms with van der Waals surface area (Å²) >= 11 is 0. The van der Waals surface area contributed by atoms with Crippen LogP contribution in [0.4, 0.5) is 0 Å². The van der Waals surface area contributed by atoms with E-state index >= 15 is 0 Å². The van der Waals surface area contributed by atoms with Crippen molar-refractivity contribution in [3.05, 3.63) is 47.5 Å². The molecule has 0 saturated carbocycles. The number of aliphatic hydroxyl groups excluding tert-OH is 1. The maximum Gasteiger partial charge on any atom is 0.188 e. The van der Waals surface area contributed by atoms with E-state index in [1.54, 1.807) is 21.3 Å². The third-order valence-corrected chi connectivity index (χ3v) is 6.64. The molecule has 0 aliphatic heterocycles. The lowest BCUT2D eigenvalue weighted by Crippen LogP contribution is -2.22. The average Bonchev–Trinajstić information content (AvgIpc) is 2.71. The Hall–Kier alpha value is -1.81. The minimum Gasteiger partial charge on any atom is -0.497 e. The molecule has 0 aliphatic carbocycles. The number of methoxy groups -OCH3 is 3. The molecule has 27 heavy (non-hydrogen) atoms. The van der Waals surface area contributed by atoms with E-state index in [0.717, 1.165) is 22.9 Å². The molecular weight excluding hydrogens is 363 g/mol. The van der Waals surface area contributed by atoms with Gasteiger partial charge in [-0.25, -0.2) is 0 Å². The summed E-state index contributed by atoms with van der Waals surface area (Å²) in [7, 11) is 5.28. The van der Waals surface area contributed by atoms with Crippen LogP contribution in [0.3, 0.4) is 0 Å². The summed E-state index contributed by atoms with van der Waals surface area (Å²) in [5.74, 6) is 1.99. The van der Waals surface area contributed by atoms with E-state index in [4.69, 9.17) is 18.9 Å². The Morgan fingerprint density at radius 1 is 1.07 bits per heavy atom. The molecule has 0 aromatic heterocycles. The second-order valence-electron chi connectivity index (χ2n) is 6.38. The van der Waals surface area contributed by atoms with Crippen molar-refractivity contribution < 1.29 is 24.1 Å². The summed E-state index contributed by atoms with van der Waals surface area (Å²) in [6, 6.07) is 11.8. The van der Waals surface area contributed by atoms with Gasteiger partial charge in [0.25, 0.3) is 0 Å². The maximum absolute atomic E-state index is 9.72. The molecule has 2 aromatic rings. The summed E-state index contributed by atoms with van der Waals surface area (Å²) in [5, 5.41) is 10.6. The van der Waals surface area contributed by atoms with E-state index in [1.165, 1.54) is 0 Å². The van der Waals surface area contributed by atoms with Crippen molar-refractivity contribution in [1.29, 1.82) is 0 Å². The number of ether oxygens (including phenoxy) is 4. The first-order valence-electron chi connectivity index (χ1n) is 8.88. The summed E-state index contributed by atoms with van der Waals surface area (Å²) < 4.78 is 22.1. The van der Waals surface area contributed by atoms with Gasteiger partial charge in [-0.1, -0.05) is 46.7 Å². The highest BCUT2D eigenvalue weighted by Gasteiger charge is 2.32. The van der Waals surface area contributed by atoms with Crippen molar-refractivity contribution in [3.8, 4) is 17.2 Å². The average molecular weight is 392 g/mol. The van der Waals surface area contributed by atoms with E-state index in [2.05, 4.69) is 19.9 Å². The Morgan fingerprint density at radius 3 is 2.41 bits per heavy atom. The van der Waals surface area contributed by atoms with Gasteiger partial charge >= 0.3 is 0 Å². The van der Waals surface area contributed by atoms with Crippen molar-refractivity contribution in [2.24, 2.45) is 0 Å². The molecule has 0 saturated heterocycles. The molecule has 2 unspecified atom stereocenters. The Labute approximate surface area is 163 Å². The van der Waals surface area contributed by atoms with Gasteiger partial charge in [-0.05, 0) is 23.4 Å². The molecule has 0 bridgehead atoms. The quantitative estimate of drug-likeness (QED) is 0.492. The third kappa shape index (κ3) is 4.92. The molecule has 0 heterocycles. The smallest absolute Gasteiger partial charge is 0.188 e. The molecule has 0 amide bonds. The third-order valence-electron chi connectivity index (χ3n) is 4.70. The fraction of sp³-hybridized carbons (Fsp3) is 0.429. The monoisotopic (exact) mass is 392 g/mol. The Balaban J connectivity index is 2.58. The minimum absolute atomic E-state index is 0.0252. The molecule has 1 N–H and O–H groups in total. The molecule has 2 atom stereocenters. The molecule has 2 aromatic carbocycles. The van der Waals surface area contributed by atoms with Crippen LogP contribution in [0, 0.1) is 0 Å². The van der Waals surface area contributed by atoms with Gasteiger partial charge in [-0.15, -0.1) is 0 Å². The van der Waals surface area contributed by atoms with Crippen molar-refractivity contribution in [2.75, 3.05) is 28.1 Å². The van der Waals surface area contributed by atoms with Gasteiger partial charge in [0.2, 0.25) is 0 Å². The zero-order valence-corrected chi connectivity index (χ0v) is 17.7. The van der Waals surface area contributed by atoms with Crippen LogP contribution >= 0.6 is 8.58 Å². The van der Waals surface area contributed by atoms with Crippen LogP contribution < -0.4 is 19.5 Å². The number of aliphatic hydroxyl groups is 1. The van der Waals surface area contributed by atoms with Crippen LogP contribution in [0.25, 0.3) is 0 Å².